The molecule has 0 unspecified atom stereocenters. The summed E-state index contributed by atoms with van der Waals surface area (Å²) in [7, 11) is 0. The average Bonchev–Trinajstić information content (AvgIpc) is 3.05. The largest absolute Gasteiger partial charge is 0.349 e. The second kappa shape index (κ2) is 7.78. The van der Waals surface area contributed by atoms with Gasteiger partial charge in [0.25, 0.3) is 5.91 Å². The molecule has 1 aliphatic heterocycles. The summed E-state index contributed by atoms with van der Waals surface area (Å²) in [6.07, 6.45) is 0. The zero-order valence-corrected chi connectivity index (χ0v) is 13.8. The van der Waals surface area contributed by atoms with Crippen LogP contribution in [0.4, 0.5) is 8.78 Å². The van der Waals surface area contributed by atoms with Gasteiger partial charge in [0.15, 0.2) is 0 Å². The number of thiazole rings is 1. The Labute approximate surface area is 142 Å². The van der Waals surface area contributed by atoms with Crippen molar-refractivity contribution in [2.45, 2.75) is 0 Å². The maximum Gasteiger partial charge on any atom is 0.270 e. The van der Waals surface area contributed by atoms with Gasteiger partial charge in [0.2, 0.25) is 0 Å². The summed E-state index contributed by atoms with van der Waals surface area (Å²) < 4.78 is 27.5. The van der Waals surface area contributed by atoms with Crippen molar-refractivity contribution >= 4 is 17.2 Å². The van der Waals surface area contributed by atoms with Gasteiger partial charge in [-0.25, -0.2) is 13.8 Å². The maximum atomic E-state index is 13.8. The van der Waals surface area contributed by atoms with Crippen molar-refractivity contribution in [3.63, 3.8) is 0 Å². The molecule has 1 amide bonds. The number of benzene rings is 1. The molecule has 0 saturated carbocycles. The Hall–Kier alpha value is -1.90. The molecule has 1 aromatic heterocycles. The van der Waals surface area contributed by atoms with Crippen LogP contribution in [0.15, 0.2) is 23.6 Å². The van der Waals surface area contributed by atoms with E-state index >= 15 is 0 Å². The van der Waals surface area contributed by atoms with Crippen LogP contribution < -0.4 is 10.6 Å². The van der Waals surface area contributed by atoms with E-state index in [1.807, 2.05) is 0 Å². The van der Waals surface area contributed by atoms with E-state index in [1.54, 1.807) is 0 Å². The molecule has 0 bridgehead atoms. The zero-order chi connectivity index (χ0) is 16.9. The molecule has 1 fully saturated rings. The minimum absolute atomic E-state index is 0.165. The van der Waals surface area contributed by atoms with Gasteiger partial charge in [-0.1, -0.05) is 6.07 Å². The third-order valence-electron chi connectivity index (χ3n) is 3.84. The van der Waals surface area contributed by atoms with Gasteiger partial charge in [0.05, 0.1) is 5.56 Å². The Bertz CT molecular complexity index is 696. The van der Waals surface area contributed by atoms with E-state index in [1.165, 1.54) is 23.6 Å². The molecule has 24 heavy (non-hydrogen) atoms. The standard InChI is InChI=1S/C16H18F2N4OS/c17-11-2-1-3-12(18)14(11)16-21-13(10-24-16)15(23)20-6-9-22-7-4-19-5-8-22/h1-3,10,19H,4-9H2,(H,20,23). The minimum atomic E-state index is -0.685. The molecule has 1 aliphatic rings. The summed E-state index contributed by atoms with van der Waals surface area (Å²) in [4.78, 5) is 18.4. The van der Waals surface area contributed by atoms with Gasteiger partial charge in [-0.15, -0.1) is 11.3 Å². The lowest BCUT2D eigenvalue weighted by Gasteiger charge is -2.26. The number of hydrogen-bond donors (Lipinski definition) is 2. The molecule has 1 aromatic carbocycles. The van der Waals surface area contributed by atoms with E-state index in [-0.39, 0.29) is 22.2 Å². The summed E-state index contributed by atoms with van der Waals surface area (Å²) in [5.41, 5.74) is -0.0136. The normalized spacial score (nSPS) is 15.4. The van der Waals surface area contributed by atoms with E-state index in [2.05, 4.69) is 20.5 Å². The zero-order valence-electron chi connectivity index (χ0n) is 13.0. The first-order valence-electron chi connectivity index (χ1n) is 7.76. The molecular weight excluding hydrogens is 334 g/mol. The number of piperazine rings is 1. The van der Waals surface area contributed by atoms with Crippen molar-refractivity contribution in [3.05, 3.63) is 40.9 Å². The third kappa shape index (κ3) is 3.95. The van der Waals surface area contributed by atoms with Crippen LogP contribution in [0.25, 0.3) is 10.6 Å². The Balaban J connectivity index is 1.59. The van der Waals surface area contributed by atoms with Crippen LogP contribution in [-0.2, 0) is 0 Å². The highest BCUT2D eigenvalue weighted by atomic mass is 32.1. The molecule has 1 saturated heterocycles. The molecule has 0 spiro atoms. The summed E-state index contributed by atoms with van der Waals surface area (Å²) in [5.74, 6) is -1.70. The Morgan fingerprint density at radius 3 is 2.71 bits per heavy atom. The molecule has 128 valence electrons. The quantitative estimate of drug-likeness (QED) is 0.860. The van der Waals surface area contributed by atoms with Crippen molar-refractivity contribution in [2.24, 2.45) is 0 Å². The molecular formula is C16H18F2N4OS. The first-order chi connectivity index (χ1) is 11.6. The molecule has 2 aromatic rings. The predicted molar refractivity (Wildman–Crippen MR) is 89.1 cm³/mol. The summed E-state index contributed by atoms with van der Waals surface area (Å²) in [6.45, 7) is 5.12. The van der Waals surface area contributed by atoms with E-state index in [9.17, 15) is 13.6 Å². The maximum absolute atomic E-state index is 13.8. The third-order valence-corrected chi connectivity index (χ3v) is 4.70. The fraction of sp³-hybridized carbons (Fsp3) is 0.375. The lowest BCUT2D eigenvalue weighted by Crippen LogP contribution is -2.46. The molecule has 2 N–H and O–H groups in total. The fourth-order valence-corrected chi connectivity index (χ4v) is 3.39. The lowest BCUT2D eigenvalue weighted by atomic mass is 10.2. The van der Waals surface area contributed by atoms with Gasteiger partial charge in [-0.05, 0) is 12.1 Å². The van der Waals surface area contributed by atoms with Gasteiger partial charge in [-0.2, -0.15) is 0 Å². The summed E-state index contributed by atoms with van der Waals surface area (Å²) in [6, 6.07) is 3.64. The first-order valence-corrected chi connectivity index (χ1v) is 8.64. The van der Waals surface area contributed by atoms with E-state index in [0.29, 0.717) is 6.54 Å². The summed E-state index contributed by atoms with van der Waals surface area (Å²) >= 11 is 1.05. The van der Waals surface area contributed by atoms with Crippen molar-refractivity contribution in [1.29, 1.82) is 0 Å². The van der Waals surface area contributed by atoms with Crippen LogP contribution in [-0.4, -0.2) is 55.1 Å². The van der Waals surface area contributed by atoms with E-state index in [0.717, 1.165) is 44.1 Å². The van der Waals surface area contributed by atoms with E-state index < -0.39 is 11.6 Å². The lowest BCUT2D eigenvalue weighted by molar-refractivity contribution is 0.0943. The molecule has 2 heterocycles. The topological polar surface area (TPSA) is 57.3 Å². The molecule has 0 atom stereocenters. The fourth-order valence-electron chi connectivity index (χ4n) is 2.55. The number of rotatable bonds is 5. The molecule has 5 nitrogen and oxygen atoms in total. The van der Waals surface area contributed by atoms with Crippen LogP contribution in [0, 0.1) is 11.6 Å². The molecule has 0 radical (unpaired) electrons. The Morgan fingerprint density at radius 1 is 1.29 bits per heavy atom. The second-order valence-corrected chi connectivity index (χ2v) is 6.34. The van der Waals surface area contributed by atoms with Crippen molar-refractivity contribution < 1.29 is 13.6 Å². The molecule has 3 rings (SSSR count). The van der Waals surface area contributed by atoms with Crippen LogP contribution in [0.1, 0.15) is 10.5 Å². The monoisotopic (exact) mass is 352 g/mol. The number of nitrogens with one attached hydrogen (secondary N) is 2. The number of carbonyl (C=O) groups excluding carboxylic acids is 1. The van der Waals surface area contributed by atoms with Crippen LogP contribution in [0.5, 0.6) is 0 Å². The van der Waals surface area contributed by atoms with Gasteiger partial charge in [0, 0.05) is 44.6 Å². The number of halogens is 2. The molecule has 8 heteroatoms. The summed E-state index contributed by atoms with van der Waals surface area (Å²) in [5, 5.41) is 7.74. The van der Waals surface area contributed by atoms with Crippen molar-refractivity contribution in [1.82, 2.24) is 20.5 Å². The SMILES string of the molecule is O=C(NCCN1CCNCC1)c1csc(-c2c(F)cccc2F)n1. The second-order valence-electron chi connectivity index (χ2n) is 5.48. The highest BCUT2D eigenvalue weighted by Gasteiger charge is 2.17. The molecule has 0 aliphatic carbocycles. The average molecular weight is 352 g/mol. The van der Waals surface area contributed by atoms with Crippen LogP contribution in [0.2, 0.25) is 0 Å². The Morgan fingerprint density at radius 2 is 2.00 bits per heavy atom. The van der Waals surface area contributed by atoms with E-state index in [4.69, 9.17) is 0 Å². The number of amides is 1. The van der Waals surface area contributed by atoms with Gasteiger partial charge in [0.1, 0.15) is 22.3 Å². The van der Waals surface area contributed by atoms with Crippen molar-refractivity contribution in [3.8, 4) is 10.6 Å². The van der Waals surface area contributed by atoms with Gasteiger partial charge < -0.3 is 10.6 Å². The highest BCUT2D eigenvalue weighted by molar-refractivity contribution is 7.13. The minimum Gasteiger partial charge on any atom is -0.349 e. The smallest absolute Gasteiger partial charge is 0.270 e. The van der Waals surface area contributed by atoms with Gasteiger partial charge >= 0.3 is 0 Å². The first kappa shape index (κ1) is 16.9. The number of hydrogen-bond acceptors (Lipinski definition) is 5. The van der Waals surface area contributed by atoms with Crippen molar-refractivity contribution in [2.75, 3.05) is 39.3 Å². The van der Waals surface area contributed by atoms with Crippen LogP contribution in [0.3, 0.4) is 0 Å². The highest BCUT2D eigenvalue weighted by Crippen LogP contribution is 2.28. The number of aromatic nitrogens is 1. The number of nitrogens with zero attached hydrogens (tertiary/aromatic N) is 2. The Kier molecular flexibility index (Phi) is 5.49. The number of carbonyl (C=O) groups is 1. The van der Waals surface area contributed by atoms with Gasteiger partial charge in [-0.3, -0.25) is 9.69 Å². The van der Waals surface area contributed by atoms with Crippen LogP contribution >= 0.6 is 11.3 Å². The predicted octanol–water partition coefficient (Wildman–Crippen LogP) is 1.72.